The van der Waals surface area contributed by atoms with Crippen LogP contribution in [0, 0.1) is 17.8 Å². The molecule has 0 amide bonds. The lowest BCUT2D eigenvalue weighted by molar-refractivity contribution is -0.149. The number of carbonyl (C=O) groups is 2. The molecule has 0 aromatic carbocycles. The molecule has 154 valence electrons. The molecule has 5 fully saturated rings. The zero-order valence-electron chi connectivity index (χ0n) is 16.4. The van der Waals surface area contributed by atoms with Crippen LogP contribution in [-0.2, 0) is 28.5 Å². The monoisotopic (exact) mass is 394 g/mol. The van der Waals surface area contributed by atoms with Gasteiger partial charge in [-0.3, -0.25) is 4.79 Å². The maximum absolute atomic E-state index is 12.3. The number of epoxide rings is 2. The summed E-state index contributed by atoms with van der Waals surface area (Å²) >= 11 is 0. The van der Waals surface area contributed by atoms with Crippen molar-refractivity contribution in [3.05, 3.63) is 11.6 Å². The highest BCUT2D eigenvalue weighted by Crippen LogP contribution is 2.74. The maximum Gasteiger partial charge on any atom is 0.333 e. The second-order valence-corrected chi connectivity index (χ2v) is 9.09. The SMILES string of the molecule is C/C=C(\C)C(=O)OC1C[C@@H]2[C@@]3(C)O[C@H]3[C@@H]3OC(=O)[C@@H](CO)C3[C@H](O)[C@]23O[C@]13C. The number of allylic oxidation sites excluding steroid dienone is 1. The summed E-state index contributed by atoms with van der Waals surface area (Å²) < 4.78 is 23.4. The van der Waals surface area contributed by atoms with Gasteiger partial charge >= 0.3 is 11.9 Å². The van der Waals surface area contributed by atoms with Crippen molar-refractivity contribution in [3.8, 4) is 0 Å². The van der Waals surface area contributed by atoms with Gasteiger partial charge in [0.05, 0.1) is 18.6 Å². The molecule has 5 aliphatic rings. The Morgan fingerprint density at radius 1 is 1.39 bits per heavy atom. The number of carbonyl (C=O) groups excluding carboxylic acids is 2. The van der Waals surface area contributed by atoms with Crippen molar-refractivity contribution in [3.63, 3.8) is 0 Å². The number of hydrogen-bond donors (Lipinski definition) is 2. The molecular weight excluding hydrogens is 368 g/mol. The van der Waals surface area contributed by atoms with E-state index in [0.29, 0.717) is 12.0 Å². The topological polar surface area (TPSA) is 118 Å². The van der Waals surface area contributed by atoms with E-state index < -0.39 is 65.5 Å². The third-order valence-electron chi connectivity index (χ3n) is 7.98. The van der Waals surface area contributed by atoms with Crippen LogP contribution >= 0.6 is 0 Å². The number of fused-ring (bicyclic) bond motifs is 4. The van der Waals surface area contributed by atoms with Gasteiger partial charge in [-0.2, -0.15) is 0 Å². The fourth-order valence-electron chi connectivity index (χ4n) is 6.14. The van der Waals surface area contributed by atoms with Gasteiger partial charge in [-0.25, -0.2) is 4.79 Å². The molecular formula is C20H26O8. The summed E-state index contributed by atoms with van der Waals surface area (Å²) in [6, 6.07) is 0. The highest BCUT2D eigenvalue weighted by molar-refractivity contribution is 5.88. The molecule has 0 bridgehead atoms. The lowest BCUT2D eigenvalue weighted by atomic mass is 9.74. The Morgan fingerprint density at radius 3 is 2.75 bits per heavy atom. The normalized spacial score (nSPS) is 56.0. The Balaban J connectivity index is 1.52. The van der Waals surface area contributed by atoms with Gasteiger partial charge in [0, 0.05) is 17.4 Å². The van der Waals surface area contributed by atoms with Crippen LogP contribution in [0.1, 0.15) is 34.1 Å². The van der Waals surface area contributed by atoms with Gasteiger partial charge in [-0.15, -0.1) is 0 Å². The van der Waals surface area contributed by atoms with E-state index in [2.05, 4.69) is 0 Å². The van der Waals surface area contributed by atoms with Gasteiger partial charge < -0.3 is 29.2 Å². The molecule has 0 radical (unpaired) electrons. The van der Waals surface area contributed by atoms with Crippen LogP contribution in [-0.4, -0.2) is 70.0 Å². The van der Waals surface area contributed by atoms with Crippen molar-refractivity contribution in [2.75, 3.05) is 6.61 Å². The fraction of sp³-hybridized carbons (Fsp3) is 0.800. The average Bonchev–Trinajstić information content (AvgIpc) is 3.45. The van der Waals surface area contributed by atoms with E-state index >= 15 is 0 Å². The molecule has 3 saturated heterocycles. The zero-order chi connectivity index (χ0) is 20.2. The molecule has 8 heteroatoms. The first-order valence-electron chi connectivity index (χ1n) is 9.87. The summed E-state index contributed by atoms with van der Waals surface area (Å²) in [6.07, 6.45) is -0.341. The van der Waals surface area contributed by atoms with E-state index in [0.717, 1.165) is 0 Å². The smallest absolute Gasteiger partial charge is 0.333 e. The molecule has 2 saturated carbocycles. The summed E-state index contributed by atoms with van der Waals surface area (Å²) in [7, 11) is 0. The van der Waals surface area contributed by atoms with Crippen molar-refractivity contribution in [1.82, 2.24) is 0 Å². The van der Waals surface area contributed by atoms with E-state index in [1.165, 1.54) is 0 Å². The Morgan fingerprint density at radius 2 is 2.11 bits per heavy atom. The van der Waals surface area contributed by atoms with E-state index in [1.54, 1.807) is 19.9 Å². The van der Waals surface area contributed by atoms with Gasteiger partial charge in [-0.1, -0.05) is 6.08 Å². The maximum atomic E-state index is 12.3. The molecule has 2 aliphatic carbocycles. The first-order valence-corrected chi connectivity index (χ1v) is 9.87. The van der Waals surface area contributed by atoms with Gasteiger partial charge in [0.2, 0.25) is 0 Å². The highest BCUT2D eigenvalue weighted by atomic mass is 16.7. The van der Waals surface area contributed by atoms with Crippen molar-refractivity contribution in [2.45, 2.75) is 75.3 Å². The number of aliphatic hydroxyl groups is 2. The molecule has 0 aromatic heterocycles. The van der Waals surface area contributed by atoms with Crippen molar-refractivity contribution in [1.29, 1.82) is 0 Å². The van der Waals surface area contributed by atoms with Gasteiger partial charge in [0.15, 0.2) is 0 Å². The first-order chi connectivity index (χ1) is 13.2. The van der Waals surface area contributed by atoms with Gasteiger partial charge in [0.1, 0.15) is 35.1 Å². The number of rotatable bonds is 3. The van der Waals surface area contributed by atoms with Crippen LogP contribution < -0.4 is 0 Å². The van der Waals surface area contributed by atoms with Crippen molar-refractivity contribution >= 4 is 11.9 Å². The van der Waals surface area contributed by atoms with Gasteiger partial charge in [-0.05, 0) is 34.1 Å². The summed E-state index contributed by atoms with van der Waals surface area (Å²) in [4.78, 5) is 24.6. The predicted molar refractivity (Wildman–Crippen MR) is 92.9 cm³/mol. The third-order valence-corrected chi connectivity index (χ3v) is 7.98. The second kappa shape index (κ2) is 5.36. The predicted octanol–water partition coefficient (Wildman–Crippen LogP) is 0.0941. The lowest BCUT2D eigenvalue weighted by Gasteiger charge is -2.31. The molecule has 3 heterocycles. The van der Waals surface area contributed by atoms with Crippen LogP contribution in [0.25, 0.3) is 0 Å². The second-order valence-electron chi connectivity index (χ2n) is 9.09. The number of hydrogen-bond acceptors (Lipinski definition) is 8. The minimum absolute atomic E-state index is 0.211. The molecule has 1 spiro atoms. The Kier molecular flexibility index (Phi) is 3.55. The largest absolute Gasteiger partial charge is 0.459 e. The number of aliphatic hydroxyl groups excluding tert-OH is 2. The van der Waals surface area contributed by atoms with E-state index in [-0.39, 0.29) is 12.0 Å². The first kappa shape index (κ1) is 18.5. The lowest BCUT2D eigenvalue weighted by Crippen LogP contribution is -2.49. The van der Waals surface area contributed by atoms with Crippen LogP contribution in [0.15, 0.2) is 11.6 Å². The van der Waals surface area contributed by atoms with Crippen LogP contribution in [0.3, 0.4) is 0 Å². The van der Waals surface area contributed by atoms with Crippen LogP contribution in [0.4, 0.5) is 0 Å². The standard InChI is InChI=1S/C20H26O8/c1-5-8(2)16(23)25-11-6-10-18(3)15(27-18)13-12(9(7-21)17(24)26-13)14(22)20(10)19(11,4)28-20/h5,9-15,21-22H,6-7H2,1-4H3/b8-5+/t9-,10+,11?,12?,13+,14-,15-,18+,19+,20+/m0/s1. The highest BCUT2D eigenvalue weighted by Gasteiger charge is 2.91. The zero-order valence-corrected chi connectivity index (χ0v) is 16.4. The summed E-state index contributed by atoms with van der Waals surface area (Å²) in [6.45, 7) is 6.83. The minimum atomic E-state index is -1.03. The quantitative estimate of drug-likeness (QED) is 0.393. The molecule has 5 rings (SSSR count). The molecule has 2 N–H and O–H groups in total. The van der Waals surface area contributed by atoms with Crippen molar-refractivity contribution < 1.29 is 38.7 Å². The number of esters is 2. The van der Waals surface area contributed by atoms with Crippen LogP contribution in [0.5, 0.6) is 0 Å². The third kappa shape index (κ3) is 1.90. The molecule has 28 heavy (non-hydrogen) atoms. The molecule has 2 unspecified atom stereocenters. The van der Waals surface area contributed by atoms with E-state index in [9.17, 15) is 19.8 Å². The molecule has 8 nitrogen and oxygen atoms in total. The number of ether oxygens (including phenoxy) is 4. The van der Waals surface area contributed by atoms with E-state index in [4.69, 9.17) is 18.9 Å². The summed E-state index contributed by atoms with van der Waals surface area (Å²) in [5, 5.41) is 21.1. The van der Waals surface area contributed by atoms with Crippen LogP contribution in [0.2, 0.25) is 0 Å². The van der Waals surface area contributed by atoms with Crippen molar-refractivity contribution in [2.24, 2.45) is 17.8 Å². The summed E-state index contributed by atoms with van der Waals surface area (Å²) in [5.74, 6) is -2.58. The Hall–Kier alpha value is -1.48. The Labute approximate surface area is 162 Å². The molecule has 3 aliphatic heterocycles. The summed E-state index contributed by atoms with van der Waals surface area (Å²) in [5.41, 5.74) is -2.00. The molecule has 10 atom stereocenters. The van der Waals surface area contributed by atoms with Gasteiger partial charge in [0.25, 0.3) is 0 Å². The minimum Gasteiger partial charge on any atom is -0.459 e. The Bertz CT molecular complexity index is 793. The molecule has 0 aromatic rings. The van der Waals surface area contributed by atoms with E-state index in [1.807, 2.05) is 13.8 Å². The fourth-order valence-corrected chi connectivity index (χ4v) is 6.14. The average molecular weight is 394 g/mol.